The number of rotatable bonds is 6. The van der Waals surface area contributed by atoms with Gasteiger partial charge in [-0.2, -0.15) is 26.3 Å². The number of nitrogens with one attached hydrogen (secondary N) is 1. The lowest BCUT2D eigenvalue weighted by molar-refractivity contribution is -0.138. The molecule has 0 radical (unpaired) electrons. The van der Waals surface area contributed by atoms with Gasteiger partial charge in [0.15, 0.2) is 9.84 Å². The minimum atomic E-state index is -4.87. The van der Waals surface area contributed by atoms with Crippen LogP contribution in [0.5, 0.6) is 0 Å². The van der Waals surface area contributed by atoms with Crippen molar-refractivity contribution in [3.05, 3.63) is 59.7 Å². The van der Waals surface area contributed by atoms with E-state index in [9.17, 15) is 48.0 Å². The third-order valence-electron chi connectivity index (χ3n) is 6.71. The maximum absolute atomic E-state index is 15.6. The normalized spacial score (nSPS) is 21.4. The van der Waals surface area contributed by atoms with Gasteiger partial charge in [0.25, 0.3) is 0 Å². The molecule has 2 aromatic carbocycles. The maximum Gasteiger partial charge on any atom is 0.416 e. The van der Waals surface area contributed by atoms with E-state index in [1.165, 1.54) is 0 Å². The number of halogens is 7. The summed E-state index contributed by atoms with van der Waals surface area (Å²) in [4.78, 5) is 11.3. The van der Waals surface area contributed by atoms with E-state index in [1.54, 1.807) is 0 Å². The van der Waals surface area contributed by atoms with Crippen molar-refractivity contribution in [2.24, 2.45) is 0 Å². The molecule has 1 aliphatic carbocycles. The zero-order valence-corrected chi connectivity index (χ0v) is 22.2. The second-order valence-electron chi connectivity index (χ2n) is 9.70. The molecule has 1 saturated carbocycles. The van der Waals surface area contributed by atoms with Gasteiger partial charge in [-0.05, 0) is 75.9 Å². The van der Waals surface area contributed by atoms with Gasteiger partial charge in [-0.3, -0.25) is 4.79 Å². The molecule has 0 unspecified atom stereocenters. The molecule has 15 heteroatoms. The molecule has 0 saturated heterocycles. The van der Waals surface area contributed by atoms with E-state index in [-0.39, 0.29) is 12.8 Å². The molecule has 6 nitrogen and oxygen atoms in total. The highest BCUT2D eigenvalue weighted by atomic mass is 32.2. The molecule has 1 fully saturated rings. The minimum absolute atomic E-state index is 0.292. The zero-order valence-electron chi connectivity index (χ0n) is 20.5. The van der Waals surface area contributed by atoms with Crippen LogP contribution in [0.15, 0.2) is 58.3 Å². The number of sulfone groups is 2. The number of carbonyl (C=O) groups excluding carboxylic acids is 1. The number of alkyl halides is 7. The Kier molecular flexibility index (Phi) is 7.96. The summed E-state index contributed by atoms with van der Waals surface area (Å²) < 4.78 is 143. The highest BCUT2D eigenvalue weighted by Gasteiger charge is 2.50. The first-order valence-electron chi connectivity index (χ1n) is 11.5. The van der Waals surface area contributed by atoms with Gasteiger partial charge in [0.05, 0.1) is 20.9 Å². The lowest BCUT2D eigenvalue weighted by Crippen LogP contribution is -2.53. The van der Waals surface area contributed by atoms with Crippen LogP contribution in [0.3, 0.4) is 0 Å². The van der Waals surface area contributed by atoms with Crippen LogP contribution in [0.4, 0.5) is 30.7 Å². The summed E-state index contributed by atoms with van der Waals surface area (Å²) in [6, 6.07) is 4.66. The molecule has 0 aliphatic heterocycles. The van der Waals surface area contributed by atoms with Crippen LogP contribution in [0.2, 0.25) is 0 Å². The molecule has 39 heavy (non-hydrogen) atoms. The number of hydrogen-bond acceptors (Lipinski definition) is 5. The van der Waals surface area contributed by atoms with E-state index in [4.69, 9.17) is 0 Å². The molecule has 0 aromatic heterocycles. The Hall–Kier alpha value is -2.68. The first-order valence-corrected chi connectivity index (χ1v) is 14.4. The van der Waals surface area contributed by atoms with Gasteiger partial charge in [0.2, 0.25) is 20.7 Å². The third-order valence-corrected chi connectivity index (χ3v) is 11.4. The molecule has 0 bridgehead atoms. The summed E-state index contributed by atoms with van der Waals surface area (Å²) in [5, 5.41) is -0.545. The van der Waals surface area contributed by atoms with E-state index >= 15 is 4.39 Å². The van der Waals surface area contributed by atoms with Crippen molar-refractivity contribution in [2.75, 3.05) is 0 Å². The second-order valence-corrected chi connectivity index (χ2v) is 14.4. The average molecular weight is 604 g/mol. The summed E-state index contributed by atoms with van der Waals surface area (Å²) in [5.41, 5.74) is -2.49. The summed E-state index contributed by atoms with van der Waals surface area (Å²) in [7, 11) is -9.51. The Balaban J connectivity index is 1.75. The van der Waals surface area contributed by atoms with Gasteiger partial charge >= 0.3 is 12.4 Å². The Morgan fingerprint density at radius 3 is 1.72 bits per heavy atom. The van der Waals surface area contributed by atoms with Crippen molar-refractivity contribution in [1.29, 1.82) is 0 Å². The molecule has 1 N–H and O–H groups in total. The van der Waals surface area contributed by atoms with E-state index in [0.717, 1.165) is 38.1 Å². The molecular weight excluding hydrogens is 579 g/mol. The lowest BCUT2D eigenvalue weighted by Gasteiger charge is -2.35. The predicted octanol–water partition coefficient (Wildman–Crippen LogP) is 5.48. The van der Waals surface area contributed by atoms with Crippen molar-refractivity contribution in [3.8, 4) is 0 Å². The molecule has 0 spiro atoms. The van der Waals surface area contributed by atoms with Crippen LogP contribution in [-0.2, 0) is 36.8 Å². The summed E-state index contributed by atoms with van der Waals surface area (Å²) in [6.07, 6.45) is -11.7. The number of benzene rings is 2. The molecule has 1 aliphatic rings. The monoisotopic (exact) mass is 603 g/mol. The van der Waals surface area contributed by atoms with Crippen molar-refractivity contribution in [2.45, 2.75) is 77.5 Å². The standard InChI is InChI=1S/C24H24F7NO5S2/c1-21(2,38(34,35)18-7-3-5-15(13-18)23(26,27)28)20(33)32-17-9-11-22(25,12-10-17)39(36,37)19-8-4-6-16(14-19)24(29,30)31/h3-8,13-14,17H,9-12H2,1-2H3,(H,32,33)/t17-,22-. The number of hydrogen-bond donors (Lipinski definition) is 1. The van der Waals surface area contributed by atoms with Gasteiger partial charge < -0.3 is 5.32 Å². The smallest absolute Gasteiger partial charge is 0.352 e. The van der Waals surface area contributed by atoms with E-state index < -0.39 is 87.5 Å². The molecule has 3 rings (SSSR count). The van der Waals surface area contributed by atoms with E-state index in [0.29, 0.717) is 24.3 Å². The van der Waals surface area contributed by atoms with Crippen LogP contribution in [0, 0.1) is 0 Å². The second kappa shape index (κ2) is 10.1. The molecule has 0 heterocycles. The quantitative estimate of drug-likeness (QED) is 0.442. The Labute approximate surface area is 220 Å². The van der Waals surface area contributed by atoms with Gasteiger partial charge in [-0.1, -0.05) is 12.1 Å². The van der Waals surface area contributed by atoms with Gasteiger partial charge in [-0.25, -0.2) is 21.2 Å². The predicted molar refractivity (Wildman–Crippen MR) is 126 cm³/mol. The zero-order chi connectivity index (χ0) is 29.7. The Morgan fingerprint density at radius 2 is 1.26 bits per heavy atom. The fourth-order valence-corrected chi connectivity index (χ4v) is 7.30. The highest BCUT2D eigenvalue weighted by molar-refractivity contribution is 7.93. The average Bonchev–Trinajstić information content (AvgIpc) is 2.84. The van der Waals surface area contributed by atoms with E-state index in [1.807, 2.05) is 0 Å². The summed E-state index contributed by atoms with van der Waals surface area (Å²) in [6.45, 7) is 1.97. The van der Waals surface area contributed by atoms with E-state index in [2.05, 4.69) is 5.32 Å². The molecule has 0 atom stereocenters. The molecule has 1 amide bonds. The maximum atomic E-state index is 15.6. The minimum Gasteiger partial charge on any atom is -0.352 e. The molecular formula is C24H24F7NO5S2. The van der Waals surface area contributed by atoms with Crippen LogP contribution in [0.25, 0.3) is 0 Å². The first-order chi connectivity index (χ1) is 17.6. The summed E-state index contributed by atoms with van der Waals surface area (Å²) >= 11 is 0. The highest BCUT2D eigenvalue weighted by Crippen LogP contribution is 2.42. The van der Waals surface area contributed by atoms with Gasteiger partial charge in [0, 0.05) is 6.04 Å². The number of amides is 1. The first kappa shape index (κ1) is 30.9. The molecule has 216 valence electrons. The van der Waals surface area contributed by atoms with Gasteiger partial charge in [-0.15, -0.1) is 0 Å². The van der Waals surface area contributed by atoms with Crippen molar-refractivity contribution in [3.63, 3.8) is 0 Å². The Morgan fingerprint density at radius 1 is 0.821 bits per heavy atom. The SMILES string of the molecule is CC(C)(C(=O)N[C@H]1CC[C@](F)(S(=O)(=O)c2cccc(C(F)(F)F)c2)CC1)S(=O)(=O)c1cccc(C(F)(F)F)c1. The number of carbonyl (C=O) groups is 1. The summed E-state index contributed by atoms with van der Waals surface area (Å²) in [5.74, 6) is -1.10. The van der Waals surface area contributed by atoms with Crippen molar-refractivity contribution in [1.82, 2.24) is 5.32 Å². The third kappa shape index (κ3) is 5.93. The van der Waals surface area contributed by atoms with Crippen LogP contribution in [-0.4, -0.2) is 38.5 Å². The molecule has 2 aromatic rings. The lowest BCUT2D eigenvalue weighted by atomic mass is 9.93. The van der Waals surface area contributed by atoms with Gasteiger partial charge in [0.1, 0.15) is 4.75 Å². The van der Waals surface area contributed by atoms with Crippen molar-refractivity contribution >= 4 is 25.6 Å². The fourth-order valence-electron chi connectivity index (χ4n) is 4.13. The van der Waals surface area contributed by atoms with Crippen LogP contribution < -0.4 is 5.32 Å². The van der Waals surface area contributed by atoms with Crippen LogP contribution >= 0.6 is 0 Å². The fraction of sp³-hybridized carbons (Fsp3) is 0.458. The van der Waals surface area contributed by atoms with Crippen LogP contribution in [0.1, 0.15) is 50.7 Å². The Bertz CT molecular complexity index is 1460. The largest absolute Gasteiger partial charge is 0.416 e. The topological polar surface area (TPSA) is 97.4 Å². The van der Waals surface area contributed by atoms with Crippen molar-refractivity contribution < 1.29 is 52.4 Å².